The van der Waals surface area contributed by atoms with Crippen LogP contribution in [0.15, 0.2) is 27.5 Å². The van der Waals surface area contributed by atoms with Gasteiger partial charge >= 0.3 is 0 Å². The van der Waals surface area contributed by atoms with Gasteiger partial charge in [-0.25, -0.2) is 9.37 Å². The van der Waals surface area contributed by atoms with Crippen molar-refractivity contribution < 1.29 is 23.3 Å². The normalized spacial score (nSPS) is 20.9. The third-order valence-electron chi connectivity index (χ3n) is 9.74. The zero-order chi connectivity index (χ0) is 32.4. The maximum Gasteiger partial charge on any atom is 0.256 e. The van der Waals surface area contributed by atoms with E-state index >= 15 is 0 Å². The van der Waals surface area contributed by atoms with E-state index in [1.807, 2.05) is 11.5 Å². The van der Waals surface area contributed by atoms with E-state index in [2.05, 4.69) is 15.4 Å². The third kappa shape index (κ3) is 6.76. The van der Waals surface area contributed by atoms with Crippen LogP contribution in [0.4, 0.5) is 4.39 Å². The van der Waals surface area contributed by atoms with Gasteiger partial charge in [0.05, 0.1) is 16.7 Å². The summed E-state index contributed by atoms with van der Waals surface area (Å²) in [6.45, 7) is 5.46. The molecular weight excluding hydrogens is 611 g/mol. The van der Waals surface area contributed by atoms with E-state index in [1.165, 1.54) is 28.8 Å². The number of fused-ring (bicyclic) bond motifs is 2. The SMILES string of the molecule is CNC(=O)CSC1CC(=O)N(CCCC2CCCn3c2nc(C)c(CCN2CCC(c4noc5cc(F)ccc45)CC2)c3=O)C1=O. The zero-order valence-electron chi connectivity index (χ0n) is 26.4. The summed E-state index contributed by atoms with van der Waals surface area (Å²) in [5.41, 5.74) is 2.97. The van der Waals surface area contributed by atoms with Gasteiger partial charge in [0, 0.05) is 67.6 Å². The van der Waals surface area contributed by atoms with Gasteiger partial charge in [-0.05, 0) is 77.1 Å². The molecule has 3 amide bonds. The number of piperidine rings is 1. The summed E-state index contributed by atoms with van der Waals surface area (Å²) in [6.07, 6.45) is 5.80. The number of benzene rings is 1. The average molecular weight is 653 g/mol. The number of halogens is 1. The first-order valence-electron chi connectivity index (χ1n) is 16.3. The van der Waals surface area contributed by atoms with Gasteiger partial charge in [0.15, 0.2) is 5.58 Å². The average Bonchev–Trinajstić information content (AvgIpc) is 3.59. The van der Waals surface area contributed by atoms with E-state index in [4.69, 9.17) is 9.51 Å². The number of thioether (sulfide) groups is 1. The second kappa shape index (κ2) is 14.0. The number of likely N-dealkylation sites (tertiary alicyclic amines) is 2. The van der Waals surface area contributed by atoms with Crippen molar-refractivity contribution in [3.63, 3.8) is 0 Å². The van der Waals surface area contributed by atoms with Crippen LogP contribution in [0, 0.1) is 12.7 Å². The lowest BCUT2D eigenvalue weighted by atomic mass is 9.91. The van der Waals surface area contributed by atoms with Crippen molar-refractivity contribution >= 4 is 40.5 Å². The Morgan fingerprint density at radius 2 is 1.93 bits per heavy atom. The maximum atomic E-state index is 13.7. The summed E-state index contributed by atoms with van der Waals surface area (Å²) in [6, 6.07) is 4.57. The van der Waals surface area contributed by atoms with Crippen LogP contribution in [-0.4, -0.2) is 86.5 Å². The summed E-state index contributed by atoms with van der Waals surface area (Å²) in [5, 5.41) is 7.16. The molecule has 246 valence electrons. The van der Waals surface area contributed by atoms with E-state index in [1.54, 1.807) is 13.1 Å². The maximum absolute atomic E-state index is 13.7. The van der Waals surface area contributed by atoms with Crippen molar-refractivity contribution in [2.45, 2.75) is 81.9 Å². The number of hydrogen-bond donors (Lipinski definition) is 1. The minimum Gasteiger partial charge on any atom is -0.358 e. The number of nitrogens with one attached hydrogen (secondary N) is 1. The van der Waals surface area contributed by atoms with Crippen molar-refractivity contribution in [2.24, 2.45) is 0 Å². The number of rotatable bonds is 11. The Kier molecular flexibility index (Phi) is 9.88. The highest BCUT2D eigenvalue weighted by Gasteiger charge is 2.39. The lowest BCUT2D eigenvalue weighted by Crippen LogP contribution is -2.38. The molecule has 3 aliphatic heterocycles. The van der Waals surface area contributed by atoms with Crippen LogP contribution in [-0.2, 0) is 27.3 Å². The van der Waals surface area contributed by atoms with Gasteiger partial charge in [-0.15, -0.1) is 11.8 Å². The summed E-state index contributed by atoms with van der Waals surface area (Å²) < 4.78 is 20.8. The number of nitrogens with zero attached hydrogens (tertiary/aromatic N) is 5. The Balaban J connectivity index is 1.02. The van der Waals surface area contributed by atoms with Crippen LogP contribution in [0.1, 0.15) is 79.6 Å². The topological polar surface area (TPSA) is 131 Å². The number of hydrogen-bond acceptors (Lipinski definition) is 9. The zero-order valence-corrected chi connectivity index (χ0v) is 27.2. The Morgan fingerprint density at radius 1 is 1.13 bits per heavy atom. The number of aryl methyl sites for hydroxylation is 1. The van der Waals surface area contributed by atoms with E-state index in [9.17, 15) is 23.6 Å². The summed E-state index contributed by atoms with van der Waals surface area (Å²) >= 11 is 1.21. The molecule has 0 saturated carbocycles. The molecule has 0 bridgehead atoms. The van der Waals surface area contributed by atoms with Gasteiger partial charge in [0.25, 0.3) is 5.56 Å². The molecule has 1 aromatic carbocycles. The largest absolute Gasteiger partial charge is 0.358 e. The molecule has 0 spiro atoms. The van der Waals surface area contributed by atoms with E-state index in [0.29, 0.717) is 31.5 Å². The van der Waals surface area contributed by atoms with Crippen molar-refractivity contribution in [3.05, 3.63) is 57.1 Å². The molecule has 2 fully saturated rings. The highest BCUT2D eigenvalue weighted by molar-refractivity contribution is 8.01. The van der Waals surface area contributed by atoms with Crippen LogP contribution < -0.4 is 10.9 Å². The molecular formula is C33H41FN6O5S. The second-order valence-corrected chi connectivity index (χ2v) is 13.8. The molecule has 1 N–H and O–H groups in total. The molecule has 3 aliphatic rings. The predicted molar refractivity (Wildman–Crippen MR) is 172 cm³/mol. The number of amides is 3. The Hall–Kier alpha value is -3.58. The second-order valence-electron chi connectivity index (χ2n) is 12.6. The quantitative estimate of drug-likeness (QED) is 0.309. The molecule has 0 radical (unpaired) electrons. The number of carbonyl (C=O) groups is 3. The fourth-order valence-electron chi connectivity index (χ4n) is 7.12. The third-order valence-corrected chi connectivity index (χ3v) is 10.9. The van der Waals surface area contributed by atoms with Crippen LogP contribution in [0.3, 0.4) is 0 Å². The van der Waals surface area contributed by atoms with Crippen LogP contribution in [0.25, 0.3) is 11.0 Å². The van der Waals surface area contributed by atoms with Crippen LogP contribution >= 0.6 is 11.8 Å². The molecule has 0 aliphatic carbocycles. The lowest BCUT2D eigenvalue weighted by molar-refractivity contribution is -0.138. The van der Waals surface area contributed by atoms with Crippen molar-refractivity contribution in [3.8, 4) is 0 Å². The van der Waals surface area contributed by atoms with Crippen molar-refractivity contribution in [1.29, 1.82) is 0 Å². The van der Waals surface area contributed by atoms with Gasteiger partial charge in [-0.1, -0.05) is 5.16 Å². The first-order valence-corrected chi connectivity index (χ1v) is 17.3. The fourth-order valence-corrected chi connectivity index (χ4v) is 8.15. The number of carbonyl (C=O) groups excluding carboxylic acids is 3. The summed E-state index contributed by atoms with van der Waals surface area (Å²) in [4.78, 5) is 59.2. The summed E-state index contributed by atoms with van der Waals surface area (Å²) in [7, 11) is 1.55. The number of imide groups is 1. The minimum atomic E-state index is -0.506. The molecule has 3 aromatic rings. The molecule has 11 nitrogen and oxygen atoms in total. The standard InChI is InChI=1S/C33H41FN6O5S/c1-20-24(11-16-38-14-9-21(10-15-38)30-25-8-7-23(34)17-26(25)45-37-30)32(43)40-13-4-6-22(31(40)36-20)5-3-12-39-29(42)18-27(33(39)44)46-19-28(41)35-2/h7-8,17,21-22,27H,3-6,9-16,18-19H2,1-2H3,(H,35,41). The Labute approximate surface area is 271 Å². The molecule has 46 heavy (non-hydrogen) atoms. The molecule has 13 heteroatoms. The molecule has 2 saturated heterocycles. The predicted octanol–water partition coefficient (Wildman–Crippen LogP) is 3.52. The van der Waals surface area contributed by atoms with E-state index < -0.39 is 5.25 Å². The number of aromatic nitrogens is 3. The van der Waals surface area contributed by atoms with Crippen molar-refractivity contribution in [1.82, 2.24) is 29.8 Å². The molecule has 6 rings (SSSR count). The molecule has 2 aromatic heterocycles. The smallest absolute Gasteiger partial charge is 0.256 e. The highest BCUT2D eigenvalue weighted by Crippen LogP contribution is 2.34. The van der Waals surface area contributed by atoms with E-state index in [-0.39, 0.29) is 53.1 Å². The Bertz CT molecular complexity index is 1680. The molecule has 2 atom stereocenters. The van der Waals surface area contributed by atoms with Gasteiger partial charge in [-0.3, -0.25) is 28.6 Å². The first-order chi connectivity index (χ1) is 22.2. The first kappa shape index (κ1) is 32.4. The molecule has 5 heterocycles. The Morgan fingerprint density at radius 3 is 2.72 bits per heavy atom. The molecule has 2 unspecified atom stereocenters. The highest BCUT2D eigenvalue weighted by atomic mass is 32.2. The minimum absolute atomic E-state index is 0.0456. The van der Waals surface area contributed by atoms with Crippen LogP contribution in [0.2, 0.25) is 0 Å². The summed E-state index contributed by atoms with van der Waals surface area (Å²) in [5.74, 6) is 0.420. The lowest BCUT2D eigenvalue weighted by Gasteiger charge is -2.31. The van der Waals surface area contributed by atoms with Gasteiger partial charge < -0.3 is 14.7 Å². The van der Waals surface area contributed by atoms with Gasteiger partial charge in [0.1, 0.15) is 11.6 Å². The monoisotopic (exact) mass is 652 g/mol. The van der Waals surface area contributed by atoms with Gasteiger partial charge in [-0.2, -0.15) is 0 Å². The van der Waals surface area contributed by atoms with Gasteiger partial charge in [0.2, 0.25) is 17.7 Å². The van der Waals surface area contributed by atoms with Crippen LogP contribution in [0.5, 0.6) is 0 Å². The van der Waals surface area contributed by atoms with E-state index in [0.717, 1.165) is 79.9 Å². The van der Waals surface area contributed by atoms with Crippen molar-refractivity contribution in [2.75, 3.05) is 39.0 Å². The fraction of sp³-hybridized carbons (Fsp3) is 0.576.